The molecule has 1 heterocycles. The molecule has 3 nitrogen and oxygen atoms in total. The number of nitrogens with zero attached hydrogens (tertiary/aromatic N) is 2. The van der Waals surface area contributed by atoms with Crippen molar-refractivity contribution in [3.8, 4) is 11.3 Å². The summed E-state index contributed by atoms with van der Waals surface area (Å²) in [5.41, 5.74) is 2.50. The molecule has 0 unspecified atom stereocenters. The highest BCUT2D eigenvalue weighted by Gasteiger charge is 2.18. The molecular weight excluding hydrogens is 248 g/mol. The zero-order valence-electron chi connectivity index (χ0n) is 10.8. The van der Waals surface area contributed by atoms with Crippen molar-refractivity contribution in [3.05, 3.63) is 41.0 Å². The Bertz CT molecular complexity index is 538. The van der Waals surface area contributed by atoms with Gasteiger partial charge in [0.05, 0.1) is 17.8 Å². The molecule has 0 amide bonds. The van der Waals surface area contributed by atoms with E-state index < -0.39 is 0 Å². The van der Waals surface area contributed by atoms with Crippen molar-refractivity contribution in [2.24, 2.45) is 0 Å². The van der Waals surface area contributed by atoms with E-state index in [0.29, 0.717) is 5.02 Å². The summed E-state index contributed by atoms with van der Waals surface area (Å²) >= 11 is 5.88. The monoisotopic (exact) mass is 264 g/mol. The minimum absolute atomic E-state index is 0.0198. The van der Waals surface area contributed by atoms with Gasteiger partial charge in [-0.15, -0.1) is 0 Å². The van der Waals surface area contributed by atoms with Crippen LogP contribution in [-0.4, -0.2) is 14.9 Å². The van der Waals surface area contributed by atoms with E-state index in [9.17, 15) is 5.11 Å². The molecule has 2 aromatic rings. The van der Waals surface area contributed by atoms with E-state index in [-0.39, 0.29) is 12.1 Å². The van der Waals surface area contributed by atoms with E-state index >= 15 is 0 Å². The summed E-state index contributed by atoms with van der Waals surface area (Å²) in [4.78, 5) is 0. The molecule has 0 saturated heterocycles. The lowest BCUT2D eigenvalue weighted by molar-refractivity contribution is 0.281. The van der Waals surface area contributed by atoms with Gasteiger partial charge in [-0.05, 0) is 32.9 Å². The molecule has 0 aliphatic rings. The van der Waals surface area contributed by atoms with Crippen LogP contribution in [-0.2, 0) is 12.1 Å². The summed E-state index contributed by atoms with van der Waals surface area (Å²) in [5.74, 6) is 0. The van der Waals surface area contributed by atoms with Crippen LogP contribution in [0.1, 0.15) is 26.3 Å². The maximum atomic E-state index is 9.43. The Morgan fingerprint density at radius 3 is 2.33 bits per heavy atom. The molecule has 1 N–H and O–H groups in total. The van der Waals surface area contributed by atoms with Gasteiger partial charge < -0.3 is 5.11 Å². The zero-order chi connectivity index (χ0) is 13.3. The van der Waals surface area contributed by atoms with Gasteiger partial charge in [0, 0.05) is 22.3 Å². The third-order valence-corrected chi connectivity index (χ3v) is 3.02. The van der Waals surface area contributed by atoms with Gasteiger partial charge in [-0.3, -0.25) is 4.68 Å². The normalized spacial score (nSPS) is 11.8. The standard InChI is InChI=1S/C14H17ClN2O/c1-14(2,3)17-8-11(9-18)13(16-17)10-4-6-12(15)7-5-10/h4-8,18H,9H2,1-3H3. The first kappa shape index (κ1) is 13.1. The summed E-state index contributed by atoms with van der Waals surface area (Å²) in [5, 5.41) is 14.7. The van der Waals surface area contributed by atoms with E-state index in [2.05, 4.69) is 25.9 Å². The topological polar surface area (TPSA) is 38.0 Å². The van der Waals surface area contributed by atoms with E-state index in [1.807, 2.05) is 35.1 Å². The first-order valence-corrected chi connectivity index (χ1v) is 6.25. The molecule has 0 spiro atoms. The average Bonchev–Trinajstić information content (AvgIpc) is 2.73. The van der Waals surface area contributed by atoms with Crippen LogP contribution in [0.4, 0.5) is 0 Å². The maximum Gasteiger partial charge on any atom is 0.0978 e. The quantitative estimate of drug-likeness (QED) is 0.902. The molecule has 18 heavy (non-hydrogen) atoms. The van der Waals surface area contributed by atoms with Crippen molar-refractivity contribution < 1.29 is 5.11 Å². The van der Waals surface area contributed by atoms with Gasteiger partial charge in [0.25, 0.3) is 0 Å². The molecular formula is C14H17ClN2O. The van der Waals surface area contributed by atoms with Gasteiger partial charge in [-0.2, -0.15) is 5.10 Å². The number of benzene rings is 1. The lowest BCUT2D eigenvalue weighted by atomic mass is 10.1. The van der Waals surface area contributed by atoms with Crippen molar-refractivity contribution >= 4 is 11.6 Å². The number of hydrogen-bond acceptors (Lipinski definition) is 2. The predicted molar refractivity (Wildman–Crippen MR) is 73.6 cm³/mol. The number of rotatable bonds is 2. The van der Waals surface area contributed by atoms with Crippen LogP contribution in [0.2, 0.25) is 5.02 Å². The molecule has 0 radical (unpaired) electrons. The Morgan fingerprint density at radius 2 is 1.83 bits per heavy atom. The lowest BCUT2D eigenvalue weighted by Gasteiger charge is -2.18. The van der Waals surface area contributed by atoms with E-state index in [1.54, 1.807) is 0 Å². The first-order chi connectivity index (χ1) is 8.41. The largest absolute Gasteiger partial charge is 0.392 e. The Kier molecular flexibility index (Phi) is 3.46. The van der Waals surface area contributed by atoms with Crippen molar-refractivity contribution in [1.82, 2.24) is 9.78 Å². The summed E-state index contributed by atoms with van der Waals surface area (Å²) in [7, 11) is 0. The van der Waals surface area contributed by atoms with Gasteiger partial charge in [0.1, 0.15) is 0 Å². The lowest BCUT2D eigenvalue weighted by Crippen LogP contribution is -2.22. The van der Waals surface area contributed by atoms with Crippen LogP contribution >= 0.6 is 11.6 Å². The molecule has 0 fully saturated rings. The van der Waals surface area contributed by atoms with Gasteiger partial charge in [0.15, 0.2) is 0 Å². The minimum Gasteiger partial charge on any atom is -0.392 e. The number of aliphatic hydroxyl groups is 1. The fraction of sp³-hybridized carbons (Fsp3) is 0.357. The van der Waals surface area contributed by atoms with Gasteiger partial charge >= 0.3 is 0 Å². The van der Waals surface area contributed by atoms with Gasteiger partial charge in [-0.25, -0.2) is 0 Å². The zero-order valence-corrected chi connectivity index (χ0v) is 11.6. The molecule has 0 aliphatic heterocycles. The van der Waals surface area contributed by atoms with Crippen LogP contribution in [0.15, 0.2) is 30.5 Å². The second kappa shape index (κ2) is 4.75. The summed E-state index contributed by atoms with van der Waals surface area (Å²) in [6.07, 6.45) is 1.89. The molecule has 96 valence electrons. The fourth-order valence-electron chi connectivity index (χ4n) is 1.72. The Morgan fingerprint density at radius 1 is 1.22 bits per heavy atom. The van der Waals surface area contributed by atoms with Crippen LogP contribution in [0.25, 0.3) is 11.3 Å². The van der Waals surface area contributed by atoms with Crippen molar-refractivity contribution in [2.75, 3.05) is 0 Å². The van der Waals surface area contributed by atoms with E-state index in [1.165, 1.54) is 0 Å². The molecule has 1 aromatic carbocycles. The average molecular weight is 265 g/mol. The number of aliphatic hydroxyl groups excluding tert-OH is 1. The van der Waals surface area contributed by atoms with Crippen LogP contribution in [0.3, 0.4) is 0 Å². The van der Waals surface area contributed by atoms with Gasteiger partial charge in [0.2, 0.25) is 0 Å². The molecule has 1 aromatic heterocycles. The van der Waals surface area contributed by atoms with Crippen LogP contribution in [0, 0.1) is 0 Å². The van der Waals surface area contributed by atoms with Crippen molar-refractivity contribution in [2.45, 2.75) is 32.9 Å². The third kappa shape index (κ3) is 2.57. The molecule has 4 heteroatoms. The number of aromatic nitrogens is 2. The minimum atomic E-state index is -0.103. The SMILES string of the molecule is CC(C)(C)n1cc(CO)c(-c2ccc(Cl)cc2)n1. The van der Waals surface area contributed by atoms with Gasteiger partial charge in [-0.1, -0.05) is 23.7 Å². The second-order valence-corrected chi connectivity index (χ2v) is 5.72. The molecule has 0 saturated carbocycles. The first-order valence-electron chi connectivity index (χ1n) is 5.87. The Balaban J connectivity index is 2.50. The highest BCUT2D eigenvalue weighted by molar-refractivity contribution is 6.30. The summed E-state index contributed by atoms with van der Waals surface area (Å²) in [6.45, 7) is 6.21. The number of hydrogen-bond donors (Lipinski definition) is 1. The second-order valence-electron chi connectivity index (χ2n) is 5.28. The maximum absolute atomic E-state index is 9.43. The summed E-state index contributed by atoms with van der Waals surface area (Å²) in [6, 6.07) is 7.48. The van der Waals surface area contributed by atoms with E-state index in [0.717, 1.165) is 16.8 Å². The Labute approximate surface area is 112 Å². The molecule has 2 rings (SSSR count). The predicted octanol–water partition coefficient (Wildman–Crippen LogP) is 3.45. The smallest absolute Gasteiger partial charge is 0.0978 e. The Hall–Kier alpha value is -1.32. The van der Waals surface area contributed by atoms with E-state index in [4.69, 9.17) is 11.6 Å². The highest BCUT2D eigenvalue weighted by Crippen LogP contribution is 2.26. The highest BCUT2D eigenvalue weighted by atomic mass is 35.5. The third-order valence-electron chi connectivity index (χ3n) is 2.77. The van der Waals surface area contributed by atoms with Crippen LogP contribution < -0.4 is 0 Å². The van der Waals surface area contributed by atoms with Crippen molar-refractivity contribution in [3.63, 3.8) is 0 Å². The molecule has 0 aliphatic carbocycles. The van der Waals surface area contributed by atoms with Crippen molar-refractivity contribution in [1.29, 1.82) is 0 Å². The fourth-order valence-corrected chi connectivity index (χ4v) is 1.85. The summed E-state index contributed by atoms with van der Waals surface area (Å²) < 4.78 is 1.88. The number of halogens is 1. The molecule has 0 atom stereocenters. The van der Waals surface area contributed by atoms with Crippen LogP contribution in [0.5, 0.6) is 0 Å². The molecule has 0 bridgehead atoms.